The third kappa shape index (κ3) is 4.32. The van der Waals surface area contributed by atoms with Crippen LogP contribution in [-0.4, -0.2) is 47.1 Å². The fourth-order valence-electron chi connectivity index (χ4n) is 4.81. The molecule has 4 heterocycles. The molecule has 1 N–H and O–H groups in total. The number of aromatic nitrogens is 2. The highest BCUT2D eigenvalue weighted by Crippen LogP contribution is 2.42. The van der Waals surface area contributed by atoms with Crippen molar-refractivity contribution in [1.29, 1.82) is 0 Å². The molecule has 3 aliphatic rings. The minimum atomic E-state index is 0.526. The van der Waals surface area contributed by atoms with E-state index in [0.717, 1.165) is 47.1 Å². The molecule has 28 heavy (non-hydrogen) atoms. The molecule has 1 aromatic heterocycles. The van der Waals surface area contributed by atoms with Crippen LogP contribution in [0.1, 0.15) is 44.1 Å². The summed E-state index contributed by atoms with van der Waals surface area (Å²) in [5.74, 6) is 2.84. The van der Waals surface area contributed by atoms with Gasteiger partial charge in [0, 0.05) is 40.8 Å². The molecule has 4 nitrogen and oxygen atoms in total. The second-order valence-corrected chi connectivity index (χ2v) is 9.65. The Bertz CT molecular complexity index is 822. The highest BCUT2D eigenvalue weighted by atomic mass is 79.9. The largest absolute Gasteiger partial charge is 0.315 e. The first-order valence-electron chi connectivity index (χ1n) is 10.6. The predicted molar refractivity (Wildman–Crippen MR) is 118 cm³/mol. The molecule has 4 atom stereocenters. The summed E-state index contributed by atoms with van der Waals surface area (Å²) in [6.45, 7) is 11.2. The molecule has 1 unspecified atom stereocenters. The molecule has 3 saturated heterocycles. The minimum Gasteiger partial charge on any atom is -0.315 e. The van der Waals surface area contributed by atoms with Crippen molar-refractivity contribution in [3.63, 3.8) is 0 Å². The van der Waals surface area contributed by atoms with Crippen LogP contribution < -0.4 is 5.32 Å². The van der Waals surface area contributed by atoms with Gasteiger partial charge in [-0.25, -0.2) is 9.97 Å². The van der Waals surface area contributed by atoms with E-state index in [0.29, 0.717) is 17.9 Å². The van der Waals surface area contributed by atoms with E-state index in [9.17, 15) is 0 Å². The topological polar surface area (TPSA) is 41.1 Å². The van der Waals surface area contributed by atoms with Crippen LogP contribution in [0.3, 0.4) is 0 Å². The van der Waals surface area contributed by atoms with Crippen LogP contribution in [0.15, 0.2) is 34.8 Å². The van der Waals surface area contributed by atoms with Gasteiger partial charge in [-0.15, -0.1) is 0 Å². The Hall–Kier alpha value is -1.30. The van der Waals surface area contributed by atoms with E-state index in [-0.39, 0.29) is 0 Å². The minimum absolute atomic E-state index is 0.526. The molecule has 1 aromatic carbocycles. The highest BCUT2D eigenvalue weighted by molar-refractivity contribution is 9.10. The summed E-state index contributed by atoms with van der Waals surface area (Å²) < 4.78 is 1.09. The normalized spacial score (nSPS) is 26.8. The Morgan fingerprint density at radius 1 is 1.25 bits per heavy atom. The van der Waals surface area contributed by atoms with E-state index in [4.69, 9.17) is 9.97 Å². The van der Waals surface area contributed by atoms with E-state index in [1.165, 1.54) is 25.1 Å². The number of halogens is 1. The first-order valence-corrected chi connectivity index (χ1v) is 11.4. The number of rotatable bonds is 6. The number of hydrogen-bond acceptors (Lipinski definition) is 4. The summed E-state index contributed by atoms with van der Waals surface area (Å²) in [5, 5.41) is 3.67. The van der Waals surface area contributed by atoms with E-state index in [1.54, 1.807) is 0 Å². The van der Waals surface area contributed by atoms with Crippen LogP contribution in [0.2, 0.25) is 0 Å². The van der Waals surface area contributed by atoms with Gasteiger partial charge in [-0.05, 0) is 56.8 Å². The molecule has 0 amide bonds. The number of fused-ring (bicyclic) bond motifs is 3. The fraction of sp³-hybridized carbons (Fsp3) is 0.565. The number of aryl methyl sites for hydroxylation is 1. The summed E-state index contributed by atoms with van der Waals surface area (Å²) in [6.07, 6.45) is 2.57. The maximum atomic E-state index is 4.87. The number of piperidine rings is 3. The van der Waals surface area contributed by atoms with Crippen LogP contribution in [0.4, 0.5) is 0 Å². The SMILES string of the molecule is Cc1nc(-c2ccccc2Br)cc([C@H]2CN3CC[C@H]2C[C@@H]3CNCC(C)C)n1. The summed E-state index contributed by atoms with van der Waals surface area (Å²) in [6, 6.07) is 11.2. The van der Waals surface area contributed by atoms with Crippen molar-refractivity contribution >= 4 is 15.9 Å². The number of nitrogens with zero attached hydrogens (tertiary/aromatic N) is 3. The van der Waals surface area contributed by atoms with Crippen LogP contribution >= 0.6 is 15.9 Å². The number of hydrogen-bond donors (Lipinski definition) is 1. The molecular weight excluding hydrogens is 412 g/mol. The standard InChI is InChI=1S/C23H31BrN4/c1-15(2)12-25-13-18-10-17-8-9-28(18)14-20(17)23-11-22(26-16(3)27-23)19-6-4-5-7-21(19)24/h4-7,11,15,17-18,20,25H,8-10,12-14H2,1-3H3/t17-,18+,20-/m0/s1. The van der Waals surface area contributed by atoms with Gasteiger partial charge in [0.15, 0.2) is 0 Å². The number of nitrogens with one attached hydrogen (secondary N) is 1. The summed E-state index contributed by atoms with van der Waals surface area (Å²) >= 11 is 3.68. The third-order valence-corrected chi connectivity index (χ3v) is 6.89. The maximum Gasteiger partial charge on any atom is 0.126 e. The zero-order chi connectivity index (χ0) is 19.7. The number of benzene rings is 1. The zero-order valence-electron chi connectivity index (χ0n) is 17.2. The van der Waals surface area contributed by atoms with Crippen molar-refractivity contribution in [2.24, 2.45) is 11.8 Å². The Kier molecular flexibility index (Phi) is 6.14. The van der Waals surface area contributed by atoms with Crippen molar-refractivity contribution in [3.05, 3.63) is 46.3 Å². The third-order valence-electron chi connectivity index (χ3n) is 6.20. The molecule has 0 radical (unpaired) electrons. The second-order valence-electron chi connectivity index (χ2n) is 8.80. The van der Waals surface area contributed by atoms with Gasteiger partial charge in [-0.2, -0.15) is 0 Å². The second kappa shape index (κ2) is 8.60. The molecule has 0 spiro atoms. The smallest absolute Gasteiger partial charge is 0.126 e. The lowest BCUT2D eigenvalue weighted by atomic mass is 9.74. The van der Waals surface area contributed by atoms with Gasteiger partial charge in [0.05, 0.1) is 5.69 Å². The molecule has 5 rings (SSSR count). The molecule has 2 bridgehead atoms. The highest BCUT2D eigenvalue weighted by Gasteiger charge is 2.41. The Labute approximate surface area is 177 Å². The van der Waals surface area contributed by atoms with Crippen molar-refractivity contribution in [2.75, 3.05) is 26.2 Å². The summed E-state index contributed by atoms with van der Waals surface area (Å²) in [7, 11) is 0. The van der Waals surface area contributed by atoms with Crippen molar-refractivity contribution in [1.82, 2.24) is 20.2 Å². The first kappa shape index (κ1) is 20.0. The lowest BCUT2D eigenvalue weighted by Gasteiger charge is -2.50. The average Bonchev–Trinajstić information content (AvgIpc) is 2.68. The maximum absolute atomic E-state index is 4.87. The molecule has 150 valence electrons. The van der Waals surface area contributed by atoms with Gasteiger partial charge in [-0.3, -0.25) is 4.90 Å². The van der Waals surface area contributed by atoms with Crippen LogP contribution in [-0.2, 0) is 0 Å². The Morgan fingerprint density at radius 3 is 2.79 bits per heavy atom. The van der Waals surface area contributed by atoms with Crippen LogP contribution in [0, 0.1) is 18.8 Å². The molecule has 2 aromatic rings. The lowest BCUT2D eigenvalue weighted by Crippen LogP contribution is -2.55. The van der Waals surface area contributed by atoms with E-state index >= 15 is 0 Å². The molecule has 0 aliphatic carbocycles. The van der Waals surface area contributed by atoms with Gasteiger partial charge in [0.2, 0.25) is 0 Å². The van der Waals surface area contributed by atoms with Gasteiger partial charge in [0.25, 0.3) is 0 Å². The molecular formula is C23H31BrN4. The quantitative estimate of drug-likeness (QED) is 0.707. The van der Waals surface area contributed by atoms with Crippen molar-refractivity contribution in [3.8, 4) is 11.3 Å². The van der Waals surface area contributed by atoms with Crippen LogP contribution in [0.5, 0.6) is 0 Å². The summed E-state index contributed by atoms with van der Waals surface area (Å²) in [5.41, 5.74) is 3.40. The monoisotopic (exact) mass is 442 g/mol. The average molecular weight is 443 g/mol. The van der Waals surface area contributed by atoms with Gasteiger partial charge >= 0.3 is 0 Å². The van der Waals surface area contributed by atoms with E-state index in [2.05, 4.69) is 64.3 Å². The van der Waals surface area contributed by atoms with Crippen LogP contribution in [0.25, 0.3) is 11.3 Å². The predicted octanol–water partition coefficient (Wildman–Crippen LogP) is 4.64. The van der Waals surface area contributed by atoms with Gasteiger partial charge in [-0.1, -0.05) is 48.0 Å². The van der Waals surface area contributed by atoms with Gasteiger partial charge < -0.3 is 5.32 Å². The lowest BCUT2D eigenvalue weighted by molar-refractivity contribution is 0.0291. The molecule has 0 saturated carbocycles. The molecule has 3 aliphatic heterocycles. The molecule has 5 heteroatoms. The molecule has 3 fully saturated rings. The fourth-order valence-corrected chi connectivity index (χ4v) is 5.30. The first-order chi connectivity index (χ1) is 13.5. The van der Waals surface area contributed by atoms with Crippen molar-refractivity contribution < 1.29 is 0 Å². The van der Waals surface area contributed by atoms with E-state index < -0.39 is 0 Å². The Balaban J connectivity index is 1.52. The summed E-state index contributed by atoms with van der Waals surface area (Å²) in [4.78, 5) is 12.3. The Morgan fingerprint density at radius 2 is 2.07 bits per heavy atom. The van der Waals surface area contributed by atoms with E-state index in [1.807, 2.05) is 13.0 Å². The van der Waals surface area contributed by atoms with Crippen molar-refractivity contribution in [2.45, 2.75) is 45.6 Å². The zero-order valence-corrected chi connectivity index (χ0v) is 18.7. The van der Waals surface area contributed by atoms with Gasteiger partial charge in [0.1, 0.15) is 5.82 Å².